The lowest BCUT2D eigenvalue weighted by molar-refractivity contribution is 0.447. The Kier molecular flexibility index (Phi) is 6.76. The molecule has 36 heavy (non-hydrogen) atoms. The standard InChI is InChI=1S/C24H4F8N4/c1-35-15(7-33)19-17(9-3-11(25)21(29)12(26)4-9)24(32)20(16(8-34)36-2)18(23(19)31)10-5-13(27)22(30)14(28)6-10/h3-6H/b19-15-,20-16+. The summed E-state index contributed by atoms with van der Waals surface area (Å²) in [5.74, 6) is -15.1. The van der Waals surface area contributed by atoms with Crippen molar-refractivity contribution < 1.29 is 35.1 Å². The molecule has 0 N–H and O–H groups in total. The van der Waals surface area contributed by atoms with Crippen molar-refractivity contribution in [2.75, 3.05) is 0 Å². The summed E-state index contributed by atoms with van der Waals surface area (Å²) in [6.07, 6.45) is 0. The van der Waals surface area contributed by atoms with Gasteiger partial charge in [0.05, 0.1) is 25.3 Å². The van der Waals surface area contributed by atoms with E-state index < -0.39 is 90.6 Å². The van der Waals surface area contributed by atoms with E-state index in [4.69, 9.17) is 13.1 Å². The summed E-state index contributed by atoms with van der Waals surface area (Å²) in [6, 6.07) is 3.25. The Morgan fingerprint density at radius 2 is 0.833 bits per heavy atom. The van der Waals surface area contributed by atoms with E-state index in [0.29, 0.717) is 0 Å². The molecular formula is C24H4F8N4. The molecule has 176 valence electrons. The Bertz CT molecular complexity index is 1560. The summed E-state index contributed by atoms with van der Waals surface area (Å²) in [4.78, 5) is 5.45. The molecule has 0 saturated carbocycles. The second kappa shape index (κ2) is 9.58. The molecule has 3 aromatic carbocycles. The second-order valence-electron chi connectivity index (χ2n) is 6.78. The molecule has 3 rings (SSSR count). The molecule has 0 amide bonds. The Balaban J connectivity index is 2.82. The second-order valence-corrected chi connectivity index (χ2v) is 6.78. The van der Waals surface area contributed by atoms with Gasteiger partial charge in [-0.3, -0.25) is 0 Å². The fraction of sp³-hybridized carbons (Fsp3) is 0. The normalized spacial score (nSPS) is 12.1. The van der Waals surface area contributed by atoms with Crippen molar-refractivity contribution in [2.24, 2.45) is 0 Å². The highest BCUT2D eigenvalue weighted by atomic mass is 19.2. The van der Waals surface area contributed by atoms with Gasteiger partial charge in [-0.25, -0.2) is 55.3 Å². The van der Waals surface area contributed by atoms with Gasteiger partial charge in [0.25, 0.3) is 11.4 Å². The number of benzene rings is 3. The fourth-order valence-electron chi connectivity index (χ4n) is 3.35. The number of halogens is 8. The predicted molar refractivity (Wildman–Crippen MR) is 107 cm³/mol. The molecule has 4 nitrogen and oxygen atoms in total. The summed E-state index contributed by atoms with van der Waals surface area (Å²) >= 11 is 0. The number of hydrogen-bond acceptors (Lipinski definition) is 2. The van der Waals surface area contributed by atoms with Gasteiger partial charge in [-0.2, -0.15) is 0 Å². The number of nitriles is 2. The zero-order chi connectivity index (χ0) is 26.9. The van der Waals surface area contributed by atoms with E-state index in [2.05, 4.69) is 9.69 Å². The van der Waals surface area contributed by atoms with Crippen LogP contribution in [0.2, 0.25) is 0 Å². The molecule has 3 aromatic rings. The largest absolute Gasteiger partial charge is 0.272 e. The molecule has 0 atom stereocenters. The van der Waals surface area contributed by atoms with Crippen molar-refractivity contribution in [2.45, 2.75) is 0 Å². The third-order valence-corrected chi connectivity index (χ3v) is 4.83. The minimum Gasteiger partial charge on any atom is -0.226 e. The van der Waals surface area contributed by atoms with Crippen LogP contribution in [0.25, 0.3) is 43.3 Å². The molecule has 0 aliphatic carbocycles. The van der Waals surface area contributed by atoms with E-state index in [9.17, 15) is 36.9 Å². The maximum atomic E-state index is 15.9. The van der Waals surface area contributed by atoms with Gasteiger partial charge >= 0.3 is 0 Å². The molecule has 0 aliphatic heterocycles. The lowest BCUT2D eigenvalue weighted by atomic mass is 9.92. The van der Waals surface area contributed by atoms with E-state index in [1.165, 1.54) is 12.1 Å². The van der Waals surface area contributed by atoms with Gasteiger partial charge in [-0.05, 0) is 35.4 Å². The van der Waals surface area contributed by atoms with Crippen LogP contribution in [0.3, 0.4) is 0 Å². The molecule has 0 heterocycles. The van der Waals surface area contributed by atoms with E-state index in [0.717, 1.165) is 0 Å². The smallest absolute Gasteiger partial charge is 0.226 e. The molecule has 0 aromatic heterocycles. The van der Waals surface area contributed by atoms with Crippen molar-refractivity contribution in [3.8, 4) is 34.4 Å². The summed E-state index contributed by atoms with van der Waals surface area (Å²) < 4.78 is 115. The van der Waals surface area contributed by atoms with Gasteiger partial charge in [0.15, 0.2) is 34.9 Å². The summed E-state index contributed by atoms with van der Waals surface area (Å²) in [5, 5.41) is 16.1. The highest BCUT2D eigenvalue weighted by Crippen LogP contribution is 2.29. The zero-order valence-corrected chi connectivity index (χ0v) is 17.1. The van der Waals surface area contributed by atoms with Crippen molar-refractivity contribution in [3.05, 3.63) is 104 Å². The Morgan fingerprint density at radius 1 is 0.556 bits per heavy atom. The van der Waals surface area contributed by atoms with Crippen LogP contribution in [0.15, 0.2) is 24.3 Å². The van der Waals surface area contributed by atoms with Crippen LogP contribution in [0.5, 0.6) is 0 Å². The molecule has 0 fully saturated rings. The maximum Gasteiger partial charge on any atom is 0.272 e. The highest BCUT2D eigenvalue weighted by molar-refractivity contribution is 5.83. The van der Waals surface area contributed by atoms with E-state index in [-0.39, 0.29) is 24.3 Å². The van der Waals surface area contributed by atoms with Crippen molar-refractivity contribution in [1.29, 1.82) is 10.5 Å². The Morgan fingerprint density at radius 3 is 1.06 bits per heavy atom. The van der Waals surface area contributed by atoms with Crippen LogP contribution >= 0.6 is 0 Å². The van der Waals surface area contributed by atoms with Crippen LogP contribution in [-0.2, 0) is 0 Å². The van der Waals surface area contributed by atoms with Crippen LogP contribution < -0.4 is 10.4 Å². The number of rotatable bonds is 2. The van der Waals surface area contributed by atoms with Crippen LogP contribution in [-0.4, -0.2) is 0 Å². The Labute approximate surface area is 196 Å². The summed E-state index contributed by atoms with van der Waals surface area (Å²) in [7, 11) is 0. The average Bonchev–Trinajstić information content (AvgIpc) is 2.84. The maximum absolute atomic E-state index is 15.9. The molecule has 0 aliphatic rings. The predicted octanol–water partition coefficient (Wildman–Crippen LogP) is 5.24. The van der Waals surface area contributed by atoms with Crippen LogP contribution in [0, 0.1) is 82.3 Å². The minimum atomic E-state index is -1.99. The van der Waals surface area contributed by atoms with Crippen molar-refractivity contribution in [1.82, 2.24) is 0 Å². The highest BCUT2D eigenvalue weighted by Gasteiger charge is 2.26. The van der Waals surface area contributed by atoms with Crippen molar-refractivity contribution >= 4 is 11.4 Å². The van der Waals surface area contributed by atoms with Crippen molar-refractivity contribution in [3.63, 3.8) is 0 Å². The van der Waals surface area contributed by atoms with Crippen LogP contribution in [0.4, 0.5) is 35.1 Å². The minimum absolute atomic E-state index is 0.198. The van der Waals surface area contributed by atoms with E-state index >= 15 is 8.78 Å². The lowest BCUT2D eigenvalue weighted by Gasteiger charge is -2.15. The SMILES string of the molecule is [C-]#[N+]/C(C#N)=c1\c(F)c(-c2cc(F)c(F)c(F)c2)/c(=C(/C#N)[N+]#[C-])c(F)c1-c1cc(F)c(F)c(F)c1. The number of hydrogen-bond donors (Lipinski definition) is 0. The van der Waals surface area contributed by atoms with Gasteiger partial charge < -0.3 is 0 Å². The summed E-state index contributed by atoms with van der Waals surface area (Å²) in [5.41, 5.74) is -6.78. The van der Waals surface area contributed by atoms with Gasteiger partial charge in [-0.15, -0.1) is 0 Å². The van der Waals surface area contributed by atoms with Gasteiger partial charge in [0.2, 0.25) is 0 Å². The molecule has 0 radical (unpaired) electrons. The first-order valence-electron chi connectivity index (χ1n) is 9.16. The van der Waals surface area contributed by atoms with E-state index in [1.54, 1.807) is 0 Å². The third-order valence-electron chi connectivity index (χ3n) is 4.83. The quantitative estimate of drug-likeness (QED) is 0.275. The molecule has 12 heteroatoms. The average molecular weight is 500 g/mol. The molecular weight excluding hydrogens is 496 g/mol. The molecule has 0 unspecified atom stereocenters. The van der Waals surface area contributed by atoms with E-state index in [1.807, 2.05) is 0 Å². The topological polar surface area (TPSA) is 56.3 Å². The van der Waals surface area contributed by atoms with Gasteiger partial charge in [-0.1, -0.05) is 0 Å². The third kappa shape index (κ3) is 3.98. The van der Waals surface area contributed by atoms with Gasteiger partial charge in [0, 0.05) is 21.6 Å². The Hall–Kier alpha value is -5.20. The number of nitrogens with zero attached hydrogens (tertiary/aromatic N) is 4. The first-order chi connectivity index (χ1) is 17.0. The van der Waals surface area contributed by atoms with Gasteiger partial charge in [0.1, 0.15) is 11.6 Å². The summed E-state index contributed by atoms with van der Waals surface area (Å²) in [6.45, 7) is 14.2. The first kappa shape index (κ1) is 25.4. The van der Waals surface area contributed by atoms with Crippen LogP contribution in [0.1, 0.15) is 0 Å². The fourth-order valence-corrected chi connectivity index (χ4v) is 3.35. The molecule has 0 saturated heterocycles. The monoisotopic (exact) mass is 500 g/mol. The molecule has 0 spiro atoms. The zero-order valence-electron chi connectivity index (χ0n) is 17.1. The lowest BCUT2D eigenvalue weighted by Crippen LogP contribution is -2.28. The molecule has 0 bridgehead atoms. The first-order valence-corrected chi connectivity index (χ1v) is 9.16.